The summed E-state index contributed by atoms with van der Waals surface area (Å²) < 4.78 is 35.9. The SMILES string of the molecule is CN(CCC1CS(=O)(=O)CCN1)Cc1ccc(F)cc1. The quantitative estimate of drug-likeness (QED) is 0.882. The highest BCUT2D eigenvalue weighted by molar-refractivity contribution is 7.91. The fourth-order valence-electron chi connectivity index (χ4n) is 2.41. The molecule has 20 heavy (non-hydrogen) atoms. The topological polar surface area (TPSA) is 49.4 Å². The maximum absolute atomic E-state index is 12.8. The van der Waals surface area contributed by atoms with Crippen LogP contribution in [-0.2, 0) is 16.4 Å². The first kappa shape index (κ1) is 15.4. The lowest BCUT2D eigenvalue weighted by atomic mass is 10.2. The van der Waals surface area contributed by atoms with Gasteiger partial charge in [-0.1, -0.05) is 12.1 Å². The minimum atomic E-state index is -2.87. The average Bonchev–Trinajstić information content (AvgIpc) is 2.38. The monoisotopic (exact) mass is 300 g/mol. The first-order chi connectivity index (χ1) is 9.44. The van der Waals surface area contributed by atoms with Crippen LogP contribution < -0.4 is 5.32 Å². The van der Waals surface area contributed by atoms with E-state index < -0.39 is 9.84 Å². The molecule has 1 aliphatic rings. The Balaban J connectivity index is 1.77. The summed E-state index contributed by atoms with van der Waals surface area (Å²) >= 11 is 0. The van der Waals surface area contributed by atoms with Gasteiger partial charge in [-0.05, 0) is 37.7 Å². The third-order valence-corrected chi connectivity index (χ3v) is 5.26. The largest absolute Gasteiger partial charge is 0.312 e. The molecule has 0 spiro atoms. The second kappa shape index (κ2) is 6.65. The molecule has 1 fully saturated rings. The molecule has 0 amide bonds. The molecule has 0 aliphatic carbocycles. The highest BCUT2D eigenvalue weighted by Crippen LogP contribution is 2.09. The van der Waals surface area contributed by atoms with Crippen LogP contribution in [0.25, 0.3) is 0 Å². The number of sulfone groups is 1. The van der Waals surface area contributed by atoms with E-state index in [1.54, 1.807) is 12.1 Å². The van der Waals surface area contributed by atoms with Gasteiger partial charge in [0, 0.05) is 19.1 Å². The van der Waals surface area contributed by atoms with E-state index in [4.69, 9.17) is 0 Å². The number of benzene rings is 1. The zero-order valence-corrected chi connectivity index (χ0v) is 12.5. The Kier molecular flexibility index (Phi) is 5.12. The lowest BCUT2D eigenvalue weighted by molar-refractivity contribution is 0.303. The molecule has 0 bridgehead atoms. The van der Waals surface area contributed by atoms with E-state index in [-0.39, 0.29) is 23.4 Å². The van der Waals surface area contributed by atoms with Crippen molar-refractivity contribution in [3.05, 3.63) is 35.6 Å². The van der Waals surface area contributed by atoms with Gasteiger partial charge in [-0.25, -0.2) is 12.8 Å². The van der Waals surface area contributed by atoms with Crippen LogP contribution in [0.3, 0.4) is 0 Å². The van der Waals surface area contributed by atoms with Gasteiger partial charge in [-0.2, -0.15) is 0 Å². The fraction of sp³-hybridized carbons (Fsp3) is 0.571. The van der Waals surface area contributed by atoms with Crippen LogP contribution in [0.15, 0.2) is 24.3 Å². The summed E-state index contributed by atoms with van der Waals surface area (Å²) in [5.41, 5.74) is 1.05. The molecule has 1 aliphatic heterocycles. The van der Waals surface area contributed by atoms with E-state index in [2.05, 4.69) is 10.2 Å². The van der Waals surface area contributed by atoms with Crippen molar-refractivity contribution in [2.24, 2.45) is 0 Å². The summed E-state index contributed by atoms with van der Waals surface area (Å²) in [6, 6.07) is 6.51. The Morgan fingerprint density at radius 1 is 1.35 bits per heavy atom. The average molecular weight is 300 g/mol. The summed E-state index contributed by atoms with van der Waals surface area (Å²) in [4.78, 5) is 2.12. The van der Waals surface area contributed by atoms with E-state index in [1.165, 1.54) is 12.1 Å². The molecule has 1 saturated heterocycles. The second-order valence-electron chi connectivity index (χ2n) is 5.42. The third kappa shape index (κ3) is 4.85. The minimum Gasteiger partial charge on any atom is -0.312 e. The van der Waals surface area contributed by atoms with Gasteiger partial charge in [0.2, 0.25) is 0 Å². The van der Waals surface area contributed by atoms with Crippen molar-refractivity contribution in [3.63, 3.8) is 0 Å². The van der Waals surface area contributed by atoms with E-state index in [9.17, 15) is 12.8 Å². The maximum atomic E-state index is 12.8. The summed E-state index contributed by atoms with van der Waals surface area (Å²) in [6.45, 7) is 2.10. The van der Waals surface area contributed by atoms with Crippen molar-refractivity contribution in [1.82, 2.24) is 10.2 Å². The number of rotatable bonds is 5. The van der Waals surface area contributed by atoms with Crippen LogP contribution in [0.1, 0.15) is 12.0 Å². The van der Waals surface area contributed by atoms with Crippen molar-refractivity contribution in [1.29, 1.82) is 0 Å². The standard InChI is InChI=1S/C14H21FN2O2S/c1-17(10-12-2-4-13(15)5-3-12)8-6-14-11-20(18,19)9-7-16-14/h2-5,14,16H,6-11H2,1H3. The molecule has 0 radical (unpaired) electrons. The van der Waals surface area contributed by atoms with Gasteiger partial charge < -0.3 is 10.2 Å². The van der Waals surface area contributed by atoms with Crippen molar-refractivity contribution in [2.75, 3.05) is 31.6 Å². The Morgan fingerprint density at radius 3 is 2.70 bits per heavy atom. The van der Waals surface area contributed by atoms with Crippen LogP contribution in [0.5, 0.6) is 0 Å². The van der Waals surface area contributed by atoms with E-state index in [0.29, 0.717) is 6.54 Å². The number of hydrogen-bond acceptors (Lipinski definition) is 4. The Labute approximate surface area is 119 Å². The summed E-state index contributed by atoms with van der Waals surface area (Å²) in [5.74, 6) is 0.250. The molecule has 6 heteroatoms. The minimum absolute atomic E-state index is 0.0458. The van der Waals surface area contributed by atoms with Crippen LogP contribution in [0, 0.1) is 5.82 Å². The highest BCUT2D eigenvalue weighted by atomic mass is 32.2. The Morgan fingerprint density at radius 2 is 2.05 bits per heavy atom. The zero-order valence-electron chi connectivity index (χ0n) is 11.7. The van der Waals surface area contributed by atoms with Crippen molar-refractivity contribution >= 4 is 9.84 Å². The van der Waals surface area contributed by atoms with Gasteiger partial charge in [0.05, 0.1) is 11.5 Å². The molecule has 2 rings (SSSR count). The van der Waals surface area contributed by atoms with E-state index in [1.807, 2.05) is 7.05 Å². The fourth-order valence-corrected chi connectivity index (χ4v) is 3.90. The van der Waals surface area contributed by atoms with Crippen LogP contribution in [0.4, 0.5) is 4.39 Å². The number of halogens is 1. The molecule has 1 atom stereocenters. The maximum Gasteiger partial charge on any atom is 0.153 e. The molecule has 1 aromatic rings. The molecule has 0 saturated carbocycles. The van der Waals surface area contributed by atoms with Crippen LogP contribution >= 0.6 is 0 Å². The molecule has 4 nitrogen and oxygen atoms in total. The highest BCUT2D eigenvalue weighted by Gasteiger charge is 2.23. The Hall–Kier alpha value is -0.980. The molecule has 0 aromatic heterocycles. The van der Waals surface area contributed by atoms with Crippen molar-refractivity contribution in [2.45, 2.75) is 19.0 Å². The van der Waals surface area contributed by atoms with Crippen LogP contribution in [-0.4, -0.2) is 51.0 Å². The first-order valence-corrected chi connectivity index (χ1v) is 8.63. The number of nitrogens with zero attached hydrogens (tertiary/aromatic N) is 1. The van der Waals surface area contributed by atoms with Crippen LogP contribution in [0.2, 0.25) is 0 Å². The normalized spacial score (nSPS) is 22.1. The molecule has 1 aromatic carbocycles. The van der Waals surface area contributed by atoms with Gasteiger partial charge in [0.25, 0.3) is 0 Å². The third-order valence-electron chi connectivity index (χ3n) is 3.53. The van der Waals surface area contributed by atoms with E-state index >= 15 is 0 Å². The first-order valence-electron chi connectivity index (χ1n) is 6.81. The van der Waals surface area contributed by atoms with Gasteiger partial charge in [0.1, 0.15) is 5.82 Å². The predicted octanol–water partition coefficient (Wildman–Crippen LogP) is 1.03. The lowest BCUT2D eigenvalue weighted by Crippen LogP contribution is -2.46. The summed E-state index contributed by atoms with van der Waals surface area (Å²) in [7, 11) is -0.879. The van der Waals surface area contributed by atoms with Crippen molar-refractivity contribution < 1.29 is 12.8 Å². The molecule has 1 unspecified atom stereocenters. The number of nitrogens with one attached hydrogen (secondary N) is 1. The molecule has 1 heterocycles. The lowest BCUT2D eigenvalue weighted by Gasteiger charge is -2.26. The predicted molar refractivity (Wildman–Crippen MR) is 77.8 cm³/mol. The molecule has 112 valence electrons. The Bertz CT molecular complexity index is 531. The van der Waals surface area contributed by atoms with E-state index in [0.717, 1.165) is 25.1 Å². The summed E-state index contributed by atoms with van der Waals surface area (Å²) in [5, 5.41) is 3.25. The van der Waals surface area contributed by atoms with Crippen molar-refractivity contribution in [3.8, 4) is 0 Å². The van der Waals surface area contributed by atoms with Gasteiger partial charge >= 0.3 is 0 Å². The zero-order chi connectivity index (χ0) is 14.6. The van der Waals surface area contributed by atoms with Gasteiger partial charge in [0.15, 0.2) is 9.84 Å². The van der Waals surface area contributed by atoms with Gasteiger partial charge in [-0.15, -0.1) is 0 Å². The second-order valence-corrected chi connectivity index (χ2v) is 7.65. The number of hydrogen-bond donors (Lipinski definition) is 1. The van der Waals surface area contributed by atoms with Gasteiger partial charge in [-0.3, -0.25) is 0 Å². The molecular formula is C14H21FN2O2S. The molecular weight excluding hydrogens is 279 g/mol. The summed E-state index contributed by atoms with van der Waals surface area (Å²) in [6.07, 6.45) is 0.803. The smallest absolute Gasteiger partial charge is 0.153 e. The molecule has 1 N–H and O–H groups in total.